The molecule has 1 N–H and O–H groups in total. The van der Waals surface area contributed by atoms with Crippen LogP contribution >= 0.6 is 0 Å². The summed E-state index contributed by atoms with van der Waals surface area (Å²) >= 11 is 0. The lowest BCUT2D eigenvalue weighted by molar-refractivity contribution is 0.525. The van der Waals surface area contributed by atoms with Gasteiger partial charge in [-0.25, -0.2) is 4.72 Å². The molecule has 0 heterocycles. The van der Waals surface area contributed by atoms with Crippen molar-refractivity contribution >= 4 is 18.1 Å². The zero-order valence-corrected chi connectivity index (χ0v) is 8.03. The van der Waals surface area contributed by atoms with Gasteiger partial charge in [-0.2, -0.15) is 21.1 Å². The van der Waals surface area contributed by atoms with E-state index >= 15 is 0 Å². The summed E-state index contributed by atoms with van der Waals surface area (Å²) in [7, 11) is -5.16. The first kappa shape index (κ1) is 10.8. The lowest BCUT2D eigenvalue weighted by Crippen LogP contribution is -2.36. The molecule has 0 aromatic heterocycles. The van der Waals surface area contributed by atoms with Crippen LogP contribution < -0.4 is 4.72 Å². The van der Waals surface area contributed by atoms with E-state index in [0.717, 1.165) is 21.1 Å². The minimum atomic E-state index is -4.25. The van der Waals surface area contributed by atoms with Crippen LogP contribution in [-0.4, -0.2) is 42.3 Å². The third-order valence-electron chi connectivity index (χ3n) is 0.974. The molecule has 0 fully saturated rings. The molecule has 0 aliphatic heterocycles. The van der Waals surface area contributed by atoms with Crippen LogP contribution in [0, 0.1) is 0 Å². The summed E-state index contributed by atoms with van der Waals surface area (Å²) in [4.78, 5) is 0. The minimum absolute atomic E-state index is 0.624. The van der Waals surface area contributed by atoms with Crippen LogP contribution in [0.4, 0.5) is 0 Å². The maximum atomic E-state index is 10.9. The van der Waals surface area contributed by atoms with Crippen molar-refractivity contribution < 1.29 is 16.8 Å². The normalized spacial score (nSPS) is 13.8. The van der Waals surface area contributed by atoms with Crippen molar-refractivity contribution in [2.45, 2.75) is 0 Å². The molecule has 6 nitrogen and oxygen atoms in total. The fourth-order valence-electron chi connectivity index (χ4n) is 0.302. The highest BCUT2D eigenvalue weighted by molar-refractivity contribution is 8.65. The second-order valence-electron chi connectivity index (χ2n) is 1.90. The van der Waals surface area contributed by atoms with Crippen LogP contribution in [0.2, 0.25) is 0 Å². The van der Waals surface area contributed by atoms with Crippen molar-refractivity contribution in [1.82, 2.24) is 9.03 Å². The lowest BCUT2D eigenvalue weighted by Gasteiger charge is -2.09. The van der Waals surface area contributed by atoms with Gasteiger partial charge >= 0.3 is 18.1 Å². The molecular formula is C3H10N2O4S2. The zero-order chi connectivity index (χ0) is 9.28. The van der Waals surface area contributed by atoms with Gasteiger partial charge in [0.2, 0.25) is 0 Å². The second kappa shape index (κ2) is 3.05. The molecule has 11 heavy (non-hydrogen) atoms. The van der Waals surface area contributed by atoms with Gasteiger partial charge in [0.05, 0.1) is 0 Å². The van der Waals surface area contributed by atoms with Gasteiger partial charge < -0.3 is 0 Å². The van der Waals surface area contributed by atoms with Gasteiger partial charge in [-0.15, -0.1) is 0 Å². The van der Waals surface area contributed by atoms with Crippen molar-refractivity contribution in [3.05, 3.63) is 0 Å². The Labute approximate surface area is 65.7 Å². The molecule has 0 aromatic rings. The fourth-order valence-corrected chi connectivity index (χ4v) is 2.71. The highest BCUT2D eigenvalue weighted by Crippen LogP contribution is 2.01. The smallest absolute Gasteiger partial charge is 0.204 e. The Bertz CT molecular complexity index is 313. The molecule has 0 radical (unpaired) electrons. The molecule has 0 saturated heterocycles. The molecule has 0 aliphatic carbocycles. The summed E-state index contributed by atoms with van der Waals surface area (Å²) in [5, 5.41) is 0. The Hall–Kier alpha value is -0.180. The van der Waals surface area contributed by atoms with Gasteiger partial charge in [0.15, 0.2) is 0 Å². The third-order valence-corrected chi connectivity index (χ3v) is 5.98. The predicted octanol–water partition coefficient (Wildman–Crippen LogP) is -1.66. The number of nitrogens with one attached hydrogen (secondary N) is 1. The van der Waals surface area contributed by atoms with E-state index in [1.54, 1.807) is 4.72 Å². The molecule has 0 rings (SSSR count). The summed E-state index contributed by atoms with van der Waals surface area (Å²) in [6.45, 7) is 0. The number of rotatable bonds is 3. The molecular weight excluding hydrogens is 192 g/mol. The van der Waals surface area contributed by atoms with Crippen molar-refractivity contribution in [3.8, 4) is 0 Å². The summed E-state index contributed by atoms with van der Waals surface area (Å²) in [6, 6.07) is 0. The third kappa shape index (κ3) is 1.89. The minimum Gasteiger partial charge on any atom is -0.204 e. The van der Waals surface area contributed by atoms with Crippen LogP contribution in [0.25, 0.3) is 0 Å². The molecule has 68 valence electrons. The molecule has 0 unspecified atom stereocenters. The SMILES string of the molecule is CNS(=O)(=O)S(=O)(=O)N(C)C. The first-order valence-corrected chi connectivity index (χ1v) is 6.05. The van der Waals surface area contributed by atoms with Crippen molar-refractivity contribution in [3.63, 3.8) is 0 Å². The van der Waals surface area contributed by atoms with Gasteiger partial charge in [0, 0.05) is 14.1 Å². The zero-order valence-electron chi connectivity index (χ0n) is 6.40. The van der Waals surface area contributed by atoms with Crippen LogP contribution in [-0.2, 0) is 18.1 Å². The molecule has 8 heteroatoms. The largest absolute Gasteiger partial charge is 0.333 e. The van der Waals surface area contributed by atoms with Crippen molar-refractivity contribution in [2.75, 3.05) is 21.1 Å². The number of hydrogen-bond acceptors (Lipinski definition) is 4. The molecule has 0 amide bonds. The highest BCUT2D eigenvalue weighted by Gasteiger charge is 2.29. The van der Waals surface area contributed by atoms with Crippen LogP contribution in [0.15, 0.2) is 0 Å². The van der Waals surface area contributed by atoms with E-state index in [0.29, 0.717) is 4.31 Å². The molecule has 0 saturated carbocycles. The Kier molecular flexibility index (Phi) is 3.00. The highest BCUT2D eigenvalue weighted by atomic mass is 33.2. The first-order valence-electron chi connectivity index (χ1n) is 2.61. The maximum absolute atomic E-state index is 10.9. The fraction of sp³-hybridized carbons (Fsp3) is 1.00. The number of hydrogen-bond donors (Lipinski definition) is 1. The Morgan fingerprint density at radius 3 is 1.55 bits per heavy atom. The molecule has 0 spiro atoms. The average molecular weight is 202 g/mol. The lowest BCUT2D eigenvalue weighted by atomic mass is 11.3. The molecule has 0 aromatic carbocycles. The summed E-state index contributed by atoms with van der Waals surface area (Å²) < 4.78 is 45.5. The van der Waals surface area contributed by atoms with E-state index in [1.165, 1.54) is 0 Å². The molecule has 0 bridgehead atoms. The van der Waals surface area contributed by atoms with Crippen LogP contribution in [0.5, 0.6) is 0 Å². The predicted molar refractivity (Wildman–Crippen MR) is 40.6 cm³/mol. The Morgan fingerprint density at radius 1 is 1.09 bits per heavy atom. The quantitative estimate of drug-likeness (QED) is 0.555. The maximum Gasteiger partial charge on any atom is 0.333 e. The monoisotopic (exact) mass is 202 g/mol. The van der Waals surface area contributed by atoms with E-state index in [1.807, 2.05) is 0 Å². The van der Waals surface area contributed by atoms with E-state index in [2.05, 4.69) is 0 Å². The van der Waals surface area contributed by atoms with Crippen LogP contribution in [0.3, 0.4) is 0 Å². The summed E-state index contributed by atoms with van der Waals surface area (Å²) in [5.41, 5.74) is 0. The van der Waals surface area contributed by atoms with Crippen molar-refractivity contribution in [1.29, 1.82) is 0 Å². The first-order chi connectivity index (χ1) is 4.75. The van der Waals surface area contributed by atoms with E-state index in [4.69, 9.17) is 0 Å². The summed E-state index contributed by atoms with van der Waals surface area (Å²) in [6.07, 6.45) is 0. The van der Waals surface area contributed by atoms with Gasteiger partial charge in [-0.1, -0.05) is 0 Å². The van der Waals surface area contributed by atoms with Crippen LogP contribution in [0.1, 0.15) is 0 Å². The molecule has 0 atom stereocenters. The van der Waals surface area contributed by atoms with Gasteiger partial charge in [0.1, 0.15) is 0 Å². The van der Waals surface area contributed by atoms with E-state index < -0.39 is 18.1 Å². The number of nitrogens with zero attached hydrogens (tertiary/aromatic N) is 1. The van der Waals surface area contributed by atoms with E-state index in [9.17, 15) is 16.8 Å². The Balaban J connectivity index is 5.22. The van der Waals surface area contributed by atoms with Gasteiger partial charge in [0.25, 0.3) is 0 Å². The van der Waals surface area contributed by atoms with Crippen molar-refractivity contribution in [2.24, 2.45) is 0 Å². The standard InChI is InChI=1S/C3H10N2O4S2/c1-4-10(6,7)11(8,9)5(2)3/h4H,1-3H3. The molecule has 0 aliphatic rings. The topological polar surface area (TPSA) is 83.5 Å². The van der Waals surface area contributed by atoms with E-state index in [-0.39, 0.29) is 0 Å². The second-order valence-corrected chi connectivity index (χ2v) is 7.38. The van der Waals surface area contributed by atoms with Gasteiger partial charge in [-0.05, 0) is 7.05 Å². The Morgan fingerprint density at radius 2 is 1.45 bits per heavy atom. The summed E-state index contributed by atoms with van der Waals surface area (Å²) in [5.74, 6) is 0. The van der Waals surface area contributed by atoms with Gasteiger partial charge in [-0.3, -0.25) is 0 Å². The average Bonchev–Trinajstić information content (AvgIpc) is 1.87.